The smallest absolute Gasteiger partial charge is 0.131 e. The van der Waals surface area contributed by atoms with E-state index >= 15 is 0 Å². The van der Waals surface area contributed by atoms with Crippen LogP contribution in [0.4, 0.5) is 5.69 Å². The Morgan fingerprint density at radius 3 is 2.55 bits per heavy atom. The van der Waals surface area contributed by atoms with Crippen LogP contribution in [-0.4, -0.2) is 16.7 Å². The van der Waals surface area contributed by atoms with Crippen LogP contribution in [0.15, 0.2) is 30.5 Å². The molecule has 106 valence electrons. The summed E-state index contributed by atoms with van der Waals surface area (Å²) < 4.78 is 5.72. The van der Waals surface area contributed by atoms with Gasteiger partial charge < -0.3 is 15.6 Å². The molecule has 0 bridgehead atoms. The van der Waals surface area contributed by atoms with Gasteiger partial charge in [0.2, 0.25) is 0 Å². The van der Waals surface area contributed by atoms with Crippen molar-refractivity contribution >= 4 is 5.69 Å². The van der Waals surface area contributed by atoms with Gasteiger partial charge in [-0.15, -0.1) is 0 Å². The Morgan fingerprint density at radius 2 is 1.90 bits per heavy atom. The van der Waals surface area contributed by atoms with Crippen molar-refractivity contribution in [3.63, 3.8) is 0 Å². The molecule has 2 aromatic rings. The molecule has 0 saturated heterocycles. The Balaban J connectivity index is 2.03. The van der Waals surface area contributed by atoms with Crippen LogP contribution in [0.2, 0.25) is 0 Å². The van der Waals surface area contributed by atoms with Crippen molar-refractivity contribution in [3.05, 3.63) is 52.8 Å². The summed E-state index contributed by atoms with van der Waals surface area (Å²) in [5.41, 5.74) is 10.7. The molecule has 4 heteroatoms. The number of nitrogen functional groups attached to an aromatic ring is 1. The summed E-state index contributed by atoms with van der Waals surface area (Å²) in [5, 5.41) is 8.87. The summed E-state index contributed by atoms with van der Waals surface area (Å²) in [6.07, 6.45) is 2.43. The maximum absolute atomic E-state index is 8.87. The molecule has 0 amide bonds. The zero-order valence-electron chi connectivity index (χ0n) is 11.9. The van der Waals surface area contributed by atoms with Gasteiger partial charge in [-0.3, -0.25) is 4.98 Å². The molecule has 1 aromatic heterocycles. The standard InChI is InChI=1S/C16H20N2O2/c1-11-9-18-15(12(2)16(11)17)10-20-14-5-3-13(4-6-14)7-8-19/h3-6,9,19H,7-8,10H2,1-2H3,(H2,17,18). The molecule has 0 unspecified atom stereocenters. The largest absolute Gasteiger partial charge is 0.487 e. The number of aliphatic hydroxyl groups is 1. The summed E-state index contributed by atoms with van der Waals surface area (Å²) in [6.45, 7) is 4.46. The number of nitrogens with two attached hydrogens (primary N) is 1. The second-order valence-corrected chi connectivity index (χ2v) is 4.83. The van der Waals surface area contributed by atoms with Crippen LogP contribution in [0.1, 0.15) is 22.4 Å². The summed E-state index contributed by atoms with van der Waals surface area (Å²) in [7, 11) is 0. The van der Waals surface area contributed by atoms with E-state index in [0.717, 1.165) is 33.8 Å². The van der Waals surface area contributed by atoms with Crippen molar-refractivity contribution in [1.29, 1.82) is 0 Å². The van der Waals surface area contributed by atoms with Crippen molar-refractivity contribution in [1.82, 2.24) is 4.98 Å². The number of hydrogen-bond acceptors (Lipinski definition) is 4. The fourth-order valence-electron chi connectivity index (χ4n) is 1.97. The Labute approximate surface area is 119 Å². The van der Waals surface area contributed by atoms with Gasteiger partial charge >= 0.3 is 0 Å². The van der Waals surface area contributed by atoms with Gasteiger partial charge in [0.05, 0.1) is 5.69 Å². The second-order valence-electron chi connectivity index (χ2n) is 4.83. The zero-order chi connectivity index (χ0) is 14.5. The molecule has 2 rings (SSSR count). The Bertz CT molecular complexity index is 580. The molecule has 0 atom stereocenters. The maximum atomic E-state index is 8.87. The van der Waals surface area contributed by atoms with E-state index < -0.39 is 0 Å². The highest BCUT2D eigenvalue weighted by atomic mass is 16.5. The summed E-state index contributed by atoms with van der Waals surface area (Å²) in [4.78, 5) is 4.36. The third kappa shape index (κ3) is 3.27. The van der Waals surface area contributed by atoms with Gasteiger partial charge in [-0.1, -0.05) is 12.1 Å². The minimum atomic E-state index is 0.159. The van der Waals surface area contributed by atoms with Crippen molar-refractivity contribution in [2.75, 3.05) is 12.3 Å². The molecule has 0 aliphatic heterocycles. The van der Waals surface area contributed by atoms with Crippen LogP contribution in [-0.2, 0) is 13.0 Å². The molecule has 0 radical (unpaired) electrons. The Kier molecular flexibility index (Phi) is 4.58. The third-order valence-electron chi connectivity index (χ3n) is 3.38. The number of pyridine rings is 1. The van der Waals surface area contributed by atoms with Crippen LogP contribution in [0, 0.1) is 13.8 Å². The lowest BCUT2D eigenvalue weighted by atomic mass is 10.1. The zero-order valence-corrected chi connectivity index (χ0v) is 11.9. The predicted octanol–water partition coefficient (Wildman–Crippen LogP) is 2.39. The summed E-state index contributed by atoms with van der Waals surface area (Å²) in [6, 6.07) is 7.71. The van der Waals surface area contributed by atoms with E-state index in [0.29, 0.717) is 13.0 Å². The number of aromatic nitrogens is 1. The Hall–Kier alpha value is -2.07. The average molecular weight is 272 g/mol. The van der Waals surface area contributed by atoms with E-state index in [-0.39, 0.29) is 6.61 Å². The molecular formula is C16H20N2O2. The summed E-state index contributed by atoms with van der Waals surface area (Å²) in [5.74, 6) is 0.784. The molecule has 0 fully saturated rings. The SMILES string of the molecule is Cc1cnc(COc2ccc(CCO)cc2)c(C)c1N. The first-order valence-electron chi connectivity index (χ1n) is 6.65. The van der Waals surface area contributed by atoms with Crippen LogP contribution in [0.5, 0.6) is 5.75 Å². The van der Waals surface area contributed by atoms with Gasteiger partial charge in [0.25, 0.3) is 0 Å². The fourth-order valence-corrected chi connectivity index (χ4v) is 1.97. The Morgan fingerprint density at radius 1 is 1.20 bits per heavy atom. The van der Waals surface area contributed by atoms with Crippen LogP contribution >= 0.6 is 0 Å². The number of benzene rings is 1. The van der Waals surface area contributed by atoms with Gasteiger partial charge in [-0.05, 0) is 49.1 Å². The number of rotatable bonds is 5. The lowest BCUT2D eigenvalue weighted by molar-refractivity contribution is 0.297. The van der Waals surface area contributed by atoms with E-state index in [1.54, 1.807) is 6.20 Å². The van der Waals surface area contributed by atoms with E-state index in [9.17, 15) is 0 Å². The first-order valence-corrected chi connectivity index (χ1v) is 6.65. The minimum Gasteiger partial charge on any atom is -0.487 e. The third-order valence-corrected chi connectivity index (χ3v) is 3.38. The number of aliphatic hydroxyl groups excluding tert-OH is 1. The molecule has 0 spiro atoms. The average Bonchev–Trinajstić information content (AvgIpc) is 2.46. The first-order chi connectivity index (χ1) is 9.61. The van der Waals surface area contributed by atoms with Crippen molar-refractivity contribution in [3.8, 4) is 5.75 Å². The highest BCUT2D eigenvalue weighted by Gasteiger charge is 2.07. The molecule has 0 aliphatic rings. The highest BCUT2D eigenvalue weighted by molar-refractivity contribution is 5.53. The minimum absolute atomic E-state index is 0.159. The molecule has 4 nitrogen and oxygen atoms in total. The topological polar surface area (TPSA) is 68.4 Å². The lowest BCUT2D eigenvalue weighted by Crippen LogP contribution is -2.05. The molecular weight excluding hydrogens is 252 g/mol. The predicted molar refractivity (Wildman–Crippen MR) is 79.7 cm³/mol. The monoisotopic (exact) mass is 272 g/mol. The quantitative estimate of drug-likeness (QED) is 0.877. The van der Waals surface area contributed by atoms with Crippen molar-refractivity contribution in [2.45, 2.75) is 26.9 Å². The number of anilines is 1. The fraction of sp³-hybridized carbons (Fsp3) is 0.312. The number of hydrogen-bond donors (Lipinski definition) is 2. The molecule has 3 N–H and O–H groups in total. The second kappa shape index (κ2) is 6.39. The number of aryl methyl sites for hydroxylation is 1. The van der Waals surface area contributed by atoms with E-state index in [1.807, 2.05) is 38.1 Å². The first kappa shape index (κ1) is 14.3. The van der Waals surface area contributed by atoms with Crippen LogP contribution in [0.3, 0.4) is 0 Å². The van der Waals surface area contributed by atoms with E-state index in [2.05, 4.69) is 4.98 Å². The normalized spacial score (nSPS) is 10.6. The van der Waals surface area contributed by atoms with Crippen molar-refractivity contribution < 1.29 is 9.84 Å². The lowest BCUT2D eigenvalue weighted by Gasteiger charge is -2.11. The van der Waals surface area contributed by atoms with Crippen molar-refractivity contribution in [2.24, 2.45) is 0 Å². The van der Waals surface area contributed by atoms with Gasteiger partial charge in [-0.25, -0.2) is 0 Å². The highest BCUT2D eigenvalue weighted by Crippen LogP contribution is 2.20. The van der Waals surface area contributed by atoms with Gasteiger partial charge in [0.15, 0.2) is 0 Å². The molecule has 1 heterocycles. The van der Waals surface area contributed by atoms with Gasteiger partial charge in [0.1, 0.15) is 12.4 Å². The molecule has 0 saturated carbocycles. The van der Waals surface area contributed by atoms with E-state index in [1.165, 1.54) is 0 Å². The van der Waals surface area contributed by atoms with Crippen LogP contribution < -0.4 is 10.5 Å². The maximum Gasteiger partial charge on any atom is 0.131 e. The summed E-state index contributed by atoms with van der Waals surface area (Å²) >= 11 is 0. The molecule has 0 aliphatic carbocycles. The van der Waals surface area contributed by atoms with Crippen LogP contribution in [0.25, 0.3) is 0 Å². The number of ether oxygens (including phenoxy) is 1. The molecule has 20 heavy (non-hydrogen) atoms. The number of nitrogens with zero attached hydrogens (tertiary/aromatic N) is 1. The van der Waals surface area contributed by atoms with E-state index in [4.69, 9.17) is 15.6 Å². The van der Waals surface area contributed by atoms with Gasteiger partial charge in [-0.2, -0.15) is 0 Å². The molecule has 1 aromatic carbocycles. The van der Waals surface area contributed by atoms with Gasteiger partial charge in [0, 0.05) is 18.5 Å².